The number of amides is 2. The van der Waals surface area contributed by atoms with Gasteiger partial charge < -0.3 is 14.8 Å². The van der Waals surface area contributed by atoms with E-state index in [9.17, 15) is 22.8 Å². The lowest BCUT2D eigenvalue weighted by molar-refractivity contribution is -0.142. The Labute approximate surface area is 210 Å². The van der Waals surface area contributed by atoms with E-state index in [1.807, 2.05) is 51.2 Å². The first-order chi connectivity index (χ1) is 17.1. The molecule has 0 bridgehead atoms. The molecule has 5 nitrogen and oxygen atoms in total. The third kappa shape index (κ3) is 7.12. The van der Waals surface area contributed by atoms with Gasteiger partial charge in [0.05, 0.1) is 12.1 Å². The SMILES string of the molecule is CCCCN(CC(=O)N(CCc1c[nH]c2ccccc12)Cc1ccc(C(F)(F)F)cc1)C(=O)C(C)C. The molecule has 2 aromatic carbocycles. The molecule has 0 aliphatic heterocycles. The summed E-state index contributed by atoms with van der Waals surface area (Å²) >= 11 is 0. The van der Waals surface area contributed by atoms with Crippen LogP contribution in [0, 0.1) is 5.92 Å². The van der Waals surface area contributed by atoms with E-state index < -0.39 is 11.7 Å². The van der Waals surface area contributed by atoms with Crippen LogP contribution in [0.1, 0.15) is 50.3 Å². The number of carbonyl (C=O) groups excluding carboxylic acids is 2. The standard InChI is InChI=1S/C28H34F3N3O2/c1-4-5-15-34(27(36)20(2)3)19-26(35)33(18-21-10-12-23(13-11-21)28(29,30)31)16-14-22-17-32-25-9-7-6-8-24(22)25/h6-13,17,20,32H,4-5,14-16,18-19H2,1-3H3. The summed E-state index contributed by atoms with van der Waals surface area (Å²) in [5.74, 6) is -0.535. The van der Waals surface area contributed by atoms with E-state index >= 15 is 0 Å². The first-order valence-electron chi connectivity index (χ1n) is 12.4. The summed E-state index contributed by atoms with van der Waals surface area (Å²) in [6.45, 7) is 6.63. The molecule has 2 amide bonds. The first kappa shape index (κ1) is 27.3. The summed E-state index contributed by atoms with van der Waals surface area (Å²) in [6, 6.07) is 12.8. The number of halogens is 3. The second-order valence-electron chi connectivity index (χ2n) is 9.39. The predicted molar refractivity (Wildman–Crippen MR) is 135 cm³/mol. The number of H-pyrrole nitrogens is 1. The van der Waals surface area contributed by atoms with Crippen LogP contribution in [-0.4, -0.2) is 46.2 Å². The molecule has 1 N–H and O–H groups in total. The molecule has 0 saturated heterocycles. The van der Waals surface area contributed by atoms with Crippen molar-refractivity contribution in [1.29, 1.82) is 0 Å². The van der Waals surface area contributed by atoms with Gasteiger partial charge in [-0.3, -0.25) is 9.59 Å². The quantitative estimate of drug-likeness (QED) is 0.348. The molecule has 0 saturated carbocycles. The summed E-state index contributed by atoms with van der Waals surface area (Å²) in [5.41, 5.74) is 1.93. The van der Waals surface area contributed by atoms with Crippen molar-refractivity contribution in [3.63, 3.8) is 0 Å². The fraction of sp³-hybridized carbons (Fsp3) is 0.429. The highest BCUT2D eigenvalue weighted by Crippen LogP contribution is 2.29. The zero-order valence-corrected chi connectivity index (χ0v) is 21.1. The van der Waals surface area contributed by atoms with Crippen molar-refractivity contribution in [2.24, 2.45) is 5.92 Å². The van der Waals surface area contributed by atoms with Crippen molar-refractivity contribution in [2.75, 3.05) is 19.6 Å². The Kier molecular flexibility index (Phi) is 9.18. The summed E-state index contributed by atoms with van der Waals surface area (Å²) in [5, 5.41) is 1.07. The van der Waals surface area contributed by atoms with Crippen LogP contribution in [0.4, 0.5) is 13.2 Å². The van der Waals surface area contributed by atoms with E-state index in [4.69, 9.17) is 0 Å². The van der Waals surface area contributed by atoms with Crippen molar-refractivity contribution in [3.8, 4) is 0 Å². The molecule has 0 fully saturated rings. The molecule has 1 aromatic heterocycles. The number of benzene rings is 2. The van der Waals surface area contributed by atoms with E-state index in [2.05, 4.69) is 4.98 Å². The van der Waals surface area contributed by atoms with Gasteiger partial charge in [0, 0.05) is 42.7 Å². The Morgan fingerprint density at radius 1 is 0.972 bits per heavy atom. The highest BCUT2D eigenvalue weighted by Gasteiger charge is 2.30. The van der Waals surface area contributed by atoms with Crippen molar-refractivity contribution < 1.29 is 22.8 Å². The molecule has 0 unspecified atom stereocenters. The van der Waals surface area contributed by atoms with Crippen LogP contribution in [-0.2, 0) is 28.7 Å². The molecule has 0 atom stereocenters. The number of nitrogens with zero attached hydrogens (tertiary/aromatic N) is 2. The Morgan fingerprint density at radius 2 is 1.67 bits per heavy atom. The molecule has 36 heavy (non-hydrogen) atoms. The maximum absolute atomic E-state index is 13.4. The highest BCUT2D eigenvalue weighted by molar-refractivity contribution is 5.86. The minimum atomic E-state index is -4.42. The third-order valence-corrected chi connectivity index (χ3v) is 6.25. The van der Waals surface area contributed by atoms with Gasteiger partial charge in [-0.1, -0.05) is 57.5 Å². The monoisotopic (exact) mass is 501 g/mol. The molecule has 0 aliphatic carbocycles. The number of para-hydroxylation sites is 1. The zero-order valence-electron chi connectivity index (χ0n) is 21.1. The summed E-state index contributed by atoms with van der Waals surface area (Å²) in [7, 11) is 0. The van der Waals surface area contributed by atoms with Gasteiger partial charge in [-0.15, -0.1) is 0 Å². The van der Waals surface area contributed by atoms with Gasteiger partial charge in [-0.2, -0.15) is 13.2 Å². The zero-order chi connectivity index (χ0) is 26.3. The third-order valence-electron chi connectivity index (χ3n) is 6.25. The lowest BCUT2D eigenvalue weighted by Crippen LogP contribution is -2.45. The summed E-state index contributed by atoms with van der Waals surface area (Å²) in [6.07, 6.45) is -0.239. The van der Waals surface area contributed by atoms with Gasteiger partial charge in [-0.05, 0) is 42.2 Å². The molecule has 3 aromatic rings. The van der Waals surface area contributed by atoms with Crippen LogP contribution in [0.2, 0.25) is 0 Å². The lowest BCUT2D eigenvalue weighted by Gasteiger charge is -2.29. The van der Waals surface area contributed by atoms with Gasteiger partial charge in [-0.25, -0.2) is 0 Å². The minimum absolute atomic E-state index is 0.0501. The average molecular weight is 502 g/mol. The van der Waals surface area contributed by atoms with Crippen molar-refractivity contribution >= 4 is 22.7 Å². The van der Waals surface area contributed by atoms with Gasteiger partial charge in [0.1, 0.15) is 0 Å². The lowest BCUT2D eigenvalue weighted by atomic mass is 10.1. The predicted octanol–water partition coefficient (Wildman–Crippen LogP) is 6.04. The van der Waals surface area contributed by atoms with Crippen LogP contribution in [0.5, 0.6) is 0 Å². The Morgan fingerprint density at radius 3 is 2.31 bits per heavy atom. The van der Waals surface area contributed by atoms with Crippen molar-refractivity contribution in [1.82, 2.24) is 14.8 Å². The highest BCUT2D eigenvalue weighted by atomic mass is 19.4. The molecule has 0 aliphatic rings. The van der Waals surface area contributed by atoms with E-state index in [1.54, 1.807) is 9.80 Å². The molecule has 194 valence electrons. The maximum atomic E-state index is 13.4. The molecule has 0 radical (unpaired) electrons. The second-order valence-corrected chi connectivity index (χ2v) is 9.39. The number of carbonyl (C=O) groups is 2. The van der Waals surface area contributed by atoms with Crippen LogP contribution >= 0.6 is 0 Å². The number of hydrogen-bond donors (Lipinski definition) is 1. The number of aromatic nitrogens is 1. The number of rotatable bonds is 11. The van der Waals surface area contributed by atoms with Crippen molar-refractivity contribution in [2.45, 2.75) is 52.8 Å². The Bertz CT molecular complexity index is 1150. The average Bonchev–Trinajstić information content (AvgIpc) is 3.26. The number of alkyl halides is 3. The fourth-order valence-electron chi connectivity index (χ4n) is 4.15. The van der Waals surface area contributed by atoms with Crippen LogP contribution in [0.15, 0.2) is 54.7 Å². The molecule has 1 heterocycles. The molecular formula is C28H34F3N3O2. The number of hydrogen-bond acceptors (Lipinski definition) is 2. The Balaban J connectivity index is 1.81. The minimum Gasteiger partial charge on any atom is -0.361 e. The second kappa shape index (κ2) is 12.1. The van der Waals surface area contributed by atoms with Gasteiger partial charge in [0.15, 0.2) is 0 Å². The Hall–Kier alpha value is -3.29. The number of unbranched alkanes of at least 4 members (excludes halogenated alkanes) is 1. The van der Waals surface area contributed by atoms with Crippen molar-refractivity contribution in [3.05, 3.63) is 71.4 Å². The molecule has 8 heteroatoms. The molecule has 3 rings (SSSR count). The van der Waals surface area contributed by atoms with Gasteiger partial charge in [0.2, 0.25) is 11.8 Å². The number of aromatic amines is 1. The van der Waals surface area contributed by atoms with Gasteiger partial charge in [0.25, 0.3) is 0 Å². The first-order valence-corrected chi connectivity index (χ1v) is 12.4. The smallest absolute Gasteiger partial charge is 0.361 e. The maximum Gasteiger partial charge on any atom is 0.416 e. The normalized spacial score (nSPS) is 11.8. The van der Waals surface area contributed by atoms with E-state index in [1.165, 1.54) is 12.1 Å². The van der Waals surface area contributed by atoms with E-state index in [0.717, 1.165) is 41.4 Å². The summed E-state index contributed by atoms with van der Waals surface area (Å²) < 4.78 is 39.0. The molecule has 0 spiro atoms. The number of fused-ring (bicyclic) bond motifs is 1. The van der Waals surface area contributed by atoms with Crippen LogP contribution in [0.25, 0.3) is 10.9 Å². The van der Waals surface area contributed by atoms with Gasteiger partial charge >= 0.3 is 6.18 Å². The van der Waals surface area contributed by atoms with Crippen LogP contribution in [0.3, 0.4) is 0 Å². The topological polar surface area (TPSA) is 56.4 Å². The largest absolute Gasteiger partial charge is 0.416 e. The van der Waals surface area contributed by atoms with Crippen LogP contribution < -0.4 is 0 Å². The summed E-state index contributed by atoms with van der Waals surface area (Å²) in [4.78, 5) is 32.6. The van der Waals surface area contributed by atoms with E-state index in [0.29, 0.717) is 25.1 Å². The number of nitrogens with one attached hydrogen (secondary N) is 1. The van der Waals surface area contributed by atoms with E-state index in [-0.39, 0.29) is 30.8 Å². The fourth-order valence-corrected chi connectivity index (χ4v) is 4.15. The molecular weight excluding hydrogens is 467 g/mol.